The Bertz CT molecular complexity index is 1010. The summed E-state index contributed by atoms with van der Waals surface area (Å²) >= 11 is 0. The van der Waals surface area contributed by atoms with Crippen molar-refractivity contribution in [1.82, 2.24) is 4.90 Å². The van der Waals surface area contributed by atoms with E-state index in [4.69, 9.17) is 14.2 Å². The molecule has 0 N–H and O–H groups in total. The molecule has 2 aliphatic heterocycles. The molecule has 2 heterocycles. The van der Waals surface area contributed by atoms with Crippen LogP contribution in [-0.4, -0.2) is 92.1 Å². The third kappa shape index (κ3) is 6.17. The van der Waals surface area contributed by atoms with Crippen LogP contribution in [0.2, 0.25) is 0 Å². The molecule has 6 fully saturated rings. The smallest absolute Gasteiger partial charge is 0.306 e. The van der Waals surface area contributed by atoms with E-state index in [1.807, 2.05) is 13.8 Å². The number of hydrogen-bond acceptors (Lipinski definition) is 6. The molecule has 4 saturated carbocycles. The number of rotatable bonds is 6. The second-order valence-corrected chi connectivity index (χ2v) is 16.1. The van der Waals surface area contributed by atoms with Gasteiger partial charge < -0.3 is 18.7 Å². The number of likely N-dealkylation sites (tertiary alicyclic amines) is 1. The lowest BCUT2D eigenvalue weighted by molar-refractivity contribution is -0.935. The van der Waals surface area contributed by atoms with Gasteiger partial charge in [0, 0.05) is 43.8 Å². The van der Waals surface area contributed by atoms with Crippen molar-refractivity contribution in [3.05, 3.63) is 0 Å². The highest BCUT2D eigenvalue weighted by Crippen LogP contribution is 2.67. The summed E-state index contributed by atoms with van der Waals surface area (Å²) in [6.07, 6.45) is 14.4. The zero-order chi connectivity index (χ0) is 30.4. The Morgan fingerprint density at radius 1 is 0.864 bits per heavy atom. The number of likely N-dealkylation sites (N-methyl/N-ethyl adjacent to an activating group) is 1. The van der Waals surface area contributed by atoms with E-state index in [0.29, 0.717) is 42.6 Å². The number of hydrogen-bond donors (Lipinski definition) is 0. The standard InChI is InChI=1S/C36H61N2O5.BrH/c1-6-32(39)42-31-22-25-12-13-26-27(36(25,4)24-29(31)37-16-20-41-21-17-37)14-15-35(3)28(26)23-30(34(35)43-33(40)7-2)38(5)18-10-8-9-11-19-38;/h25-31,34H,6-24H2,1-5H3;1H/q+1;/t25?,26-,27-,28+,29?,30?,31?,34?,35+,36+;/m1./s1. The average Bonchev–Trinajstić information content (AvgIpc) is 3.14. The first-order chi connectivity index (χ1) is 20.6. The van der Waals surface area contributed by atoms with Crippen LogP contribution in [0.3, 0.4) is 0 Å². The molecule has 4 aliphatic carbocycles. The number of halogens is 1. The van der Waals surface area contributed by atoms with E-state index < -0.39 is 0 Å². The molecule has 2 saturated heterocycles. The SMILES string of the molecule is Br.CCC(=O)OC1CC2CC[C@@H]3[C@@H](CC[C@]4(C)C(OC(=O)CC)C([N+]5(C)CCCCCC5)C[C@@H]34)[C@@]2(C)CC1N1CCOCC1. The zero-order valence-corrected chi connectivity index (χ0v) is 30.1. The molecule has 0 radical (unpaired) electrons. The fraction of sp³-hybridized carbons (Fsp3) is 0.944. The Labute approximate surface area is 277 Å². The first-order valence-corrected chi connectivity index (χ1v) is 18.2. The Kier molecular flexibility index (Phi) is 10.9. The van der Waals surface area contributed by atoms with Gasteiger partial charge in [0.2, 0.25) is 0 Å². The Balaban J connectivity index is 0.00000384. The number of morpholine rings is 1. The lowest BCUT2D eigenvalue weighted by Gasteiger charge is -2.62. The van der Waals surface area contributed by atoms with E-state index in [1.54, 1.807) is 0 Å². The molecule has 0 bridgehead atoms. The van der Waals surface area contributed by atoms with Gasteiger partial charge in [0.05, 0.1) is 33.4 Å². The molecule has 0 amide bonds. The molecular weight excluding hydrogens is 620 g/mol. The maximum absolute atomic E-state index is 12.9. The van der Waals surface area contributed by atoms with E-state index in [1.165, 1.54) is 64.5 Å². The Morgan fingerprint density at radius 3 is 2.18 bits per heavy atom. The van der Waals surface area contributed by atoms with E-state index in [0.717, 1.165) is 50.0 Å². The number of fused-ring (bicyclic) bond motifs is 5. The van der Waals surface area contributed by atoms with Crippen LogP contribution < -0.4 is 0 Å². The van der Waals surface area contributed by atoms with Crippen LogP contribution in [0.25, 0.3) is 0 Å². The molecule has 6 aliphatic rings. The first-order valence-electron chi connectivity index (χ1n) is 18.2. The van der Waals surface area contributed by atoms with Crippen molar-refractivity contribution in [2.45, 2.75) is 135 Å². The van der Waals surface area contributed by atoms with Gasteiger partial charge in [-0.05, 0) is 93.3 Å². The van der Waals surface area contributed by atoms with Gasteiger partial charge in [-0.1, -0.05) is 27.7 Å². The molecule has 0 spiro atoms. The van der Waals surface area contributed by atoms with E-state index in [-0.39, 0.29) is 58.0 Å². The van der Waals surface area contributed by atoms with Gasteiger partial charge in [-0.3, -0.25) is 14.5 Å². The van der Waals surface area contributed by atoms with Gasteiger partial charge in [-0.25, -0.2) is 0 Å². The highest BCUT2D eigenvalue weighted by atomic mass is 79.9. The predicted molar refractivity (Wildman–Crippen MR) is 178 cm³/mol. The lowest BCUT2D eigenvalue weighted by Crippen LogP contribution is -2.62. The zero-order valence-electron chi connectivity index (χ0n) is 28.4. The van der Waals surface area contributed by atoms with Crippen LogP contribution in [0.4, 0.5) is 0 Å². The van der Waals surface area contributed by atoms with Crippen molar-refractivity contribution >= 4 is 28.9 Å². The molecule has 8 heteroatoms. The summed E-state index contributed by atoms with van der Waals surface area (Å²) in [5.41, 5.74) is 0.308. The van der Waals surface area contributed by atoms with Crippen LogP contribution >= 0.6 is 17.0 Å². The number of quaternary nitrogens is 1. The molecule has 0 aromatic rings. The topological polar surface area (TPSA) is 65.1 Å². The molecule has 6 rings (SSSR count). The van der Waals surface area contributed by atoms with Gasteiger partial charge in [-0.15, -0.1) is 17.0 Å². The number of nitrogens with zero attached hydrogens (tertiary/aromatic N) is 2. The Hall–Kier alpha value is -0.700. The van der Waals surface area contributed by atoms with Gasteiger partial charge in [0.25, 0.3) is 0 Å². The molecule has 5 unspecified atom stereocenters. The van der Waals surface area contributed by atoms with E-state index in [9.17, 15) is 9.59 Å². The van der Waals surface area contributed by atoms with Crippen molar-refractivity contribution in [2.75, 3.05) is 46.4 Å². The van der Waals surface area contributed by atoms with Crippen LogP contribution in [0.5, 0.6) is 0 Å². The summed E-state index contributed by atoms with van der Waals surface area (Å²) < 4.78 is 19.6. The highest BCUT2D eigenvalue weighted by molar-refractivity contribution is 8.93. The maximum atomic E-state index is 12.9. The summed E-state index contributed by atoms with van der Waals surface area (Å²) in [6.45, 7) is 14.8. The van der Waals surface area contributed by atoms with E-state index in [2.05, 4.69) is 25.8 Å². The molecule has 10 atom stereocenters. The fourth-order valence-corrected chi connectivity index (χ4v) is 11.6. The molecule has 0 aromatic heterocycles. The summed E-state index contributed by atoms with van der Waals surface area (Å²) in [4.78, 5) is 28.1. The van der Waals surface area contributed by atoms with Gasteiger partial charge in [-0.2, -0.15) is 0 Å². The van der Waals surface area contributed by atoms with Crippen molar-refractivity contribution in [3.63, 3.8) is 0 Å². The third-order valence-corrected chi connectivity index (χ3v) is 14.1. The molecular formula is C36H62BrN2O5+. The second-order valence-electron chi connectivity index (χ2n) is 16.1. The maximum Gasteiger partial charge on any atom is 0.306 e. The summed E-state index contributed by atoms with van der Waals surface area (Å²) in [7, 11) is 2.49. The van der Waals surface area contributed by atoms with E-state index >= 15 is 0 Å². The first kappa shape index (κ1) is 34.6. The van der Waals surface area contributed by atoms with Crippen LogP contribution in [0.15, 0.2) is 0 Å². The summed E-state index contributed by atoms with van der Waals surface area (Å²) in [5.74, 6) is 2.52. The third-order valence-electron chi connectivity index (χ3n) is 14.1. The van der Waals surface area contributed by atoms with Crippen LogP contribution in [-0.2, 0) is 23.8 Å². The Morgan fingerprint density at radius 2 is 1.52 bits per heavy atom. The van der Waals surface area contributed by atoms with Crippen molar-refractivity contribution < 1.29 is 28.3 Å². The van der Waals surface area contributed by atoms with Crippen LogP contribution in [0.1, 0.15) is 111 Å². The van der Waals surface area contributed by atoms with Gasteiger partial charge in [0.1, 0.15) is 12.1 Å². The average molecular weight is 683 g/mol. The fourth-order valence-electron chi connectivity index (χ4n) is 11.6. The number of esters is 2. The van der Waals surface area contributed by atoms with Crippen LogP contribution in [0, 0.1) is 34.5 Å². The molecule has 7 nitrogen and oxygen atoms in total. The van der Waals surface area contributed by atoms with Crippen molar-refractivity contribution in [2.24, 2.45) is 34.5 Å². The van der Waals surface area contributed by atoms with Gasteiger partial charge in [0.15, 0.2) is 6.10 Å². The predicted octanol–water partition coefficient (Wildman–Crippen LogP) is 6.56. The number of carbonyl (C=O) groups is 2. The van der Waals surface area contributed by atoms with Crippen molar-refractivity contribution in [3.8, 4) is 0 Å². The summed E-state index contributed by atoms with van der Waals surface area (Å²) in [6, 6.07) is 0.696. The lowest BCUT2D eigenvalue weighted by atomic mass is 9.44. The van der Waals surface area contributed by atoms with Crippen molar-refractivity contribution in [1.29, 1.82) is 0 Å². The largest absolute Gasteiger partial charge is 0.461 e. The highest BCUT2D eigenvalue weighted by Gasteiger charge is 2.67. The minimum atomic E-state index is -0.0521. The number of ether oxygens (including phenoxy) is 3. The normalized spacial score (nSPS) is 43.8. The minimum Gasteiger partial charge on any atom is -0.461 e. The molecule has 252 valence electrons. The molecule has 0 aromatic carbocycles. The number of carbonyl (C=O) groups excluding carboxylic acids is 2. The minimum absolute atomic E-state index is 0. The quantitative estimate of drug-likeness (QED) is 0.234. The van der Waals surface area contributed by atoms with Gasteiger partial charge >= 0.3 is 11.9 Å². The molecule has 44 heavy (non-hydrogen) atoms. The monoisotopic (exact) mass is 681 g/mol. The second kappa shape index (κ2) is 13.8. The summed E-state index contributed by atoms with van der Waals surface area (Å²) in [5, 5.41) is 0.